The molecule has 0 bridgehead atoms. The number of nitrogens with two attached hydrogens (primary N) is 1. The Morgan fingerprint density at radius 3 is 2.95 bits per heavy atom. The molecule has 2 aliphatic heterocycles. The standard InChI is InChI=1S/C16H22BrNO2/c1-11-8-13(17)2-3-14(11)15(18)12-4-6-20-16(9-12)5-7-19-10-16/h2-3,8,12,15H,4-7,9-10,18H2,1H3. The lowest BCUT2D eigenvalue weighted by Gasteiger charge is -2.39. The van der Waals surface area contributed by atoms with E-state index in [2.05, 4.69) is 41.1 Å². The van der Waals surface area contributed by atoms with Crippen LogP contribution in [-0.4, -0.2) is 25.4 Å². The van der Waals surface area contributed by atoms with Crippen molar-refractivity contribution in [2.45, 2.75) is 37.8 Å². The Bertz CT molecular complexity index is 485. The Labute approximate surface area is 129 Å². The molecule has 1 spiro atoms. The van der Waals surface area contributed by atoms with Gasteiger partial charge in [0, 0.05) is 30.1 Å². The first-order valence-electron chi connectivity index (χ1n) is 7.33. The lowest BCUT2D eigenvalue weighted by molar-refractivity contribution is -0.101. The van der Waals surface area contributed by atoms with Gasteiger partial charge in [-0.15, -0.1) is 0 Å². The minimum absolute atomic E-state index is 0.0657. The minimum Gasteiger partial charge on any atom is -0.378 e. The predicted octanol–water partition coefficient (Wildman–Crippen LogP) is 3.34. The normalized spacial score (nSPS) is 31.6. The van der Waals surface area contributed by atoms with Crippen molar-refractivity contribution in [3.8, 4) is 0 Å². The number of ether oxygens (including phenoxy) is 2. The molecule has 3 rings (SSSR count). The molecule has 0 aromatic heterocycles. The Balaban J connectivity index is 1.77. The van der Waals surface area contributed by atoms with Gasteiger partial charge in [0.1, 0.15) is 0 Å². The van der Waals surface area contributed by atoms with E-state index in [9.17, 15) is 0 Å². The zero-order valence-corrected chi connectivity index (χ0v) is 13.5. The zero-order chi connectivity index (χ0) is 14.2. The molecule has 3 nitrogen and oxygen atoms in total. The molecule has 0 saturated carbocycles. The van der Waals surface area contributed by atoms with Crippen LogP contribution in [0.3, 0.4) is 0 Å². The fourth-order valence-electron chi connectivity index (χ4n) is 3.50. The van der Waals surface area contributed by atoms with Crippen LogP contribution in [0.4, 0.5) is 0 Å². The van der Waals surface area contributed by atoms with E-state index in [1.54, 1.807) is 0 Å². The van der Waals surface area contributed by atoms with Crippen molar-refractivity contribution in [2.75, 3.05) is 19.8 Å². The van der Waals surface area contributed by atoms with Gasteiger partial charge in [-0.1, -0.05) is 22.0 Å². The molecule has 3 unspecified atom stereocenters. The summed E-state index contributed by atoms with van der Waals surface area (Å²) in [4.78, 5) is 0. The first-order valence-corrected chi connectivity index (χ1v) is 8.12. The van der Waals surface area contributed by atoms with E-state index in [4.69, 9.17) is 15.2 Å². The van der Waals surface area contributed by atoms with Gasteiger partial charge in [-0.05, 0) is 48.9 Å². The Morgan fingerprint density at radius 1 is 1.40 bits per heavy atom. The Hall–Kier alpha value is -0.420. The SMILES string of the molecule is Cc1cc(Br)ccc1C(N)C1CCOC2(CCOC2)C1. The van der Waals surface area contributed by atoms with Crippen LogP contribution in [0.5, 0.6) is 0 Å². The summed E-state index contributed by atoms with van der Waals surface area (Å²) in [6.45, 7) is 4.49. The molecule has 2 N–H and O–H groups in total. The van der Waals surface area contributed by atoms with Crippen LogP contribution < -0.4 is 5.73 Å². The molecule has 3 atom stereocenters. The first-order chi connectivity index (χ1) is 9.60. The van der Waals surface area contributed by atoms with E-state index in [1.807, 2.05) is 0 Å². The van der Waals surface area contributed by atoms with Gasteiger partial charge in [0.2, 0.25) is 0 Å². The van der Waals surface area contributed by atoms with Crippen LogP contribution in [0.2, 0.25) is 0 Å². The van der Waals surface area contributed by atoms with Gasteiger partial charge in [0.15, 0.2) is 0 Å². The van der Waals surface area contributed by atoms with Crippen molar-refractivity contribution in [3.05, 3.63) is 33.8 Å². The molecule has 0 aliphatic carbocycles. The van der Waals surface area contributed by atoms with Crippen molar-refractivity contribution >= 4 is 15.9 Å². The number of hydrogen-bond donors (Lipinski definition) is 1. The maximum Gasteiger partial charge on any atom is 0.0940 e. The summed E-state index contributed by atoms with van der Waals surface area (Å²) >= 11 is 3.51. The molecule has 20 heavy (non-hydrogen) atoms. The second kappa shape index (κ2) is 5.76. The summed E-state index contributed by atoms with van der Waals surface area (Å²) < 4.78 is 12.7. The second-order valence-corrected chi connectivity index (χ2v) is 7.03. The Kier molecular flexibility index (Phi) is 4.18. The average molecular weight is 340 g/mol. The molecule has 2 saturated heterocycles. The molecule has 0 radical (unpaired) electrons. The molecule has 2 heterocycles. The van der Waals surface area contributed by atoms with Crippen LogP contribution in [0.25, 0.3) is 0 Å². The van der Waals surface area contributed by atoms with Crippen LogP contribution >= 0.6 is 15.9 Å². The topological polar surface area (TPSA) is 44.5 Å². The van der Waals surface area contributed by atoms with Gasteiger partial charge < -0.3 is 15.2 Å². The molecular weight excluding hydrogens is 318 g/mol. The quantitative estimate of drug-likeness (QED) is 0.898. The summed E-state index contributed by atoms with van der Waals surface area (Å²) in [5.74, 6) is 0.477. The van der Waals surface area contributed by atoms with Crippen LogP contribution in [0, 0.1) is 12.8 Å². The monoisotopic (exact) mass is 339 g/mol. The highest BCUT2D eigenvalue weighted by Crippen LogP contribution is 2.40. The van der Waals surface area contributed by atoms with E-state index in [0.29, 0.717) is 5.92 Å². The highest BCUT2D eigenvalue weighted by atomic mass is 79.9. The number of rotatable bonds is 2. The van der Waals surface area contributed by atoms with Gasteiger partial charge >= 0.3 is 0 Å². The summed E-state index contributed by atoms with van der Waals surface area (Å²) in [6.07, 6.45) is 3.07. The van der Waals surface area contributed by atoms with Crippen molar-refractivity contribution in [2.24, 2.45) is 11.7 Å². The number of aryl methyl sites for hydroxylation is 1. The third kappa shape index (κ3) is 2.80. The Morgan fingerprint density at radius 2 is 2.25 bits per heavy atom. The molecule has 1 aromatic carbocycles. The molecular formula is C16H22BrNO2. The van der Waals surface area contributed by atoms with Crippen molar-refractivity contribution in [1.29, 1.82) is 0 Å². The molecule has 2 fully saturated rings. The summed E-state index contributed by atoms with van der Waals surface area (Å²) in [6, 6.07) is 6.46. The highest BCUT2D eigenvalue weighted by molar-refractivity contribution is 9.10. The maximum absolute atomic E-state index is 6.56. The smallest absolute Gasteiger partial charge is 0.0940 e. The van der Waals surface area contributed by atoms with Gasteiger partial charge in [-0.25, -0.2) is 0 Å². The van der Waals surface area contributed by atoms with E-state index in [-0.39, 0.29) is 11.6 Å². The fraction of sp³-hybridized carbons (Fsp3) is 0.625. The van der Waals surface area contributed by atoms with Gasteiger partial charge in [-0.2, -0.15) is 0 Å². The van der Waals surface area contributed by atoms with Gasteiger partial charge in [0.25, 0.3) is 0 Å². The van der Waals surface area contributed by atoms with Crippen molar-refractivity contribution in [3.63, 3.8) is 0 Å². The summed E-state index contributed by atoms with van der Waals surface area (Å²) in [7, 11) is 0. The summed E-state index contributed by atoms with van der Waals surface area (Å²) in [5, 5.41) is 0. The van der Waals surface area contributed by atoms with E-state index >= 15 is 0 Å². The summed E-state index contributed by atoms with van der Waals surface area (Å²) in [5.41, 5.74) is 9.01. The minimum atomic E-state index is -0.0657. The molecule has 1 aromatic rings. The number of halogens is 1. The predicted molar refractivity (Wildman–Crippen MR) is 82.7 cm³/mol. The van der Waals surface area contributed by atoms with E-state index in [0.717, 1.165) is 43.6 Å². The van der Waals surface area contributed by atoms with Gasteiger partial charge in [0.05, 0.1) is 12.2 Å². The maximum atomic E-state index is 6.56. The molecule has 0 amide bonds. The van der Waals surface area contributed by atoms with Crippen LogP contribution in [0.15, 0.2) is 22.7 Å². The number of benzene rings is 1. The van der Waals surface area contributed by atoms with Crippen LogP contribution in [0.1, 0.15) is 36.4 Å². The van der Waals surface area contributed by atoms with Crippen molar-refractivity contribution in [1.82, 2.24) is 0 Å². The van der Waals surface area contributed by atoms with Crippen molar-refractivity contribution < 1.29 is 9.47 Å². The fourth-order valence-corrected chi connectivity index (χ4v) is 3.98. The molecule has 110 valence electrons. The van der Waals surface area contributed by atoms with E-state index in [1.165, 1.54) is 11.1 Å². The molecule has 2 aliphatic rings. The van der Waals surface area contributed by atoms with Gasteiger partial charge in [-0.3, -0.25) is 0 Å². The van der Waals surface area contributed by atoms with Crippen LogP contribution in [-0.2, 0) is 9.47 Å². The second-order valence-electron chi connectivity index (χ2n) is 6.11. The zero-order valence-electron chi connectivity index (χ0n) is 11.9. The number of hydrogen-bond acceptors (Lipinski definition) is 3. The lowest BCUT2D eigenvalue weighted by atomic mass is 9.78. The largest absolute Gasteiger partial charge is 0.378 e. The average Bonchev–Trinajstić information content (AvgIpc) is 2.86. The lowest BCUT2D eigenvalue weighted by Crippen LogP contribution is -2.43. The third-order valence-electron chi connectivity index (χ3n) is 4.70. The van der Waals surface area contributed by atoms with E-state index < -0.39 is 0 Å². The first kappa shape index (κ1) is 14.5. The highest BCUT2D eigenvalue weighted by Gasteiger charge is 2.42. The molecule has 4 heteroatoms. The third-order valence-corrected chi connectivity index (χ3v) is 5.19.